The van der Waals surface area contributed by atoms with Crippen molar-refractivity contribution >= 4 is 12.1 Å². The van der Waals surface area contributed by atoms with Crippen molar-refractivity contribution in [3.63, 3.8) is 0 Å². The van der Waals surface area contributed by atoms with Gasteiger partial charge in [-0.15, -0.1) is 0 Å². The summed E-state index contributed by atoms with van der Waals surface area (Å²) < 4.78 is 31.9. The molecule has 1 amide bonds. The predicted molar refractivity (Wildman–Crippen MR) is 99.5 cm³/mol. The van der Waals surface area contributed by atoms with Gasteiger partial charge in [0.05, 0.1) is 6.21 Å². The Morgan fingerprint density at radius 2 is 1.74 bits per heavy atom. The van der Waals surface area contributed by atoms with Crippen LogP contribution in [0.4, 0.5) is 8.78 Å². The third-order valence-electron chi connectivity index (χ3n) is 3.69. The van der Waals surface area contributed by atoms with Gasteiger partial charge in [0.2, 0.25) is 0 Å². The number of nitrogens with one attached hydrogen (secondary N) is 1. The van der Waals surface area contributed by atoms with Gasteiger partial charge in [-0.25, -0.2) is 14.2 Å². The minimum absolute atomic E-state index is 0.0621. The van der Waals surface area contributed by atoms with Crippen molar-refractivity contribution < 1.29 is 18.3 Å². The number of hydrazone groups is 1. The van der Waals surface area contributed by atoms with Gasteiger partial charge in [-0.2, -0.15) is 5.10 Å². The first-order chi connectivity index (χ1) is 13.1. The monoisotopic (exact) mass is 366 g/mol. The maximum absolute atomic E-state index is 13.5. The van der Waals surface area contributed by atoms with Crippen molar-refractivity contribution in [1.82, 2.24) is 5.43 Å². The van der Waals surface area contributed by atoms with E-state index in [1.165, 1.54) is 6.07 Å². The second-order valence-corrected chi connectivity index (χ2v) is 5.61. The molecular weight excluding hydrogens is 350 g/mol. The molecule has 0 aliphatic carbocycles. The molecule has 0 radical (unpaired) electrons. The van der Waals surface area contributed by atoms with Crippen LogP contribution in [0.15, 0.2) is 77.9 Å². The number of carbonyl (C=O) groups excluding carboxylic acids is 1. The highest BCUT2D eigenvalue weighted by molar-refractivity contribution is 5.83. The zero-order valence-corrected chi connectivity index (χ0v) is 14.2. The summed E-state index contributed by atoms with van der Waals surface area (Å²) in [7, 11) is 0. The van der Waals surface area contributed by atoms with Gasteiger partial charge in [0.25, 0.3) is 5.91 Å². The first kappa shape index (κ1) is 18.3. The van der Waals surface area contributed by atoms with Crippen molar-refractivity contribution in [3.8, 4) is 16.9 Å². The van der Waals surface area contributed by atoms with Crippen LogP contribution in [0.1, 0.15) is 5.56 Å². The lowest BCUT2D eigenvalue weighted by atomic mass is 10.1. The number of para-hydroxylation sites is 1. The Morgan fingerprint density at radius 3 is 2.52 bits per heavy atom. The predicted octanol–water partition coefficient (Wildman–Crippen LogP) is 4.16. The minimum atomic E-state index is -0.763. The van der Waals surface area contributed by atoms with Crippen LogP contribution < -0.4 is 10.2 Å². The maximum Gasteiger partial charge on any atom is 0.277 e. The van der Waals surface area contributed by atoms with Crippen LogP contribution >= 0.6 is 0 Å². The number of hydrogen-bond donors (Lipinski definition) is 1. The van der Waals surface area contributed by atoms with Crippen LogP contribution in [0.3, 0.4) is 0 Å². The molecule has 3 aromatic carbocycles. The van der Waals surface area contributed by atoms with E-state index in [2.05, 4.69) is 10.5 Å². The van der Waals surface area contributed by atoms with Crippen LogP contribution in [0.2, 0.25) is 0 Å². The summed E-state index contributed by atoms with van der Waals surface area (Å²) in [6.07, 6.45) is 1.10. The second-order valence-electron chi connectivity index (χ2n) is 5.61. The zero-order chi connectivity index (χ0) is 19.1. The fourth-order valence-electron chi connectivity index (χ4n) is 2.40. The second kappa shape index (κ2) is 8.71. The summed E-state index contributed by atoms with van der Waals surface area (Å²) in [6, 6.07) is 20.1. The number of hydrogen-bond acceptors (Lipinski definition) is 3. The third kappa shape index (κ3) is 4.98. The average molecular weight is 366 g/mol. The topological polar surface area (TPSA) is 50.7 Å². The van der Waals surface area contributed by atoms with Gasteiger partial charge < -0.3 is 4.74 Å². The highest BCUT2D eigenvalue weighted by Gasteiger charge is 2.08. The van der Waals surface area contributed by atoms with E-state index in [0.717, 1.165) is 29.5 Å². The van der Waals surface area contributed by atoms with Crippen molar-refractivity contribution in [3.05, 3.63) is 90.0 Å². The van der Waals surface area contributed by atoms with Gasteiger partial charge in [0.1, 0.15) is 17.4 Å². The Labute approximate surface area is 155 Å². The molecule has 0 heterocycles. The molecule has 0 aliphatic rings. The van der Waals surface area contributed by atoms with E-state index in [9.17, 15) is 13.6 Å². The number of rotatable bonds is 6. The molecule has 0 unspecified atom stereocenters. The van der Waals surface area contributed by atoms with Crippen molar-refractivity contribution in [2.75, 3.05) is 6.61 Å². The number of amides is 1. The molecule has 3 rings (SSSR count). The number of halogens is 2. The maximum atomic E-state index is 13.5. The summed E-state index contributed by atoms with van der Waals surface area (Å²) in [5.74, 6) is -1.38. The summed E-state index contributed by atoms with van der Waals surface area (Å²) in [5.41, 5.74) is 4.14. The molecular formula is C21H16F2N2O2. The minimum Gasteiger partial charge on any atom is -0.483 e. The zero-order valence-electron chi connectivity index (χ0n) is 14.2. The molecule has 0 saturated carbocycles. The fraction of sp³-hybridized carbons (Fsp3) is 0.0476. The molecule has 0 atom stereocenters. The van der Waals surface area contributed by atoms with Gasteiger partial charge in [0.15, 0.2) is 6.61 Å². The third-order valence-corrected chi connectivity index (χ3v) is 3.69. The van der Waals surface area contributed by atoms with E-state index < -0.39 is 17.5 Å². The lowest BCUT2D eigenvalue weighted by Gasteiger charge is -2.10. The molecule has 27 heavy (non-hydrogen) atoms. The van der Waals surface area contributed by atoms with Crippen molar-refractivity contribution in [2.24, 2.45) is 5.10 Å². The number of nitrogens with zero attached hydrogens (tertiary/aromatic N) is 1. The summed E-state index contributed by atoms with van der Waals surface area (Å²) in [6.45, 7) is -0.257. The molecule has 4 nitrogen and oxygen atoms in total. The smallest absolute Gasteiger partial charge is 0.277 e. The molecule has 0 aliphatic heterocycles. The Kier molecular flexibility index (Phi) is 5.89. The van der Waals surface area contributed by atoms with E-state index in [4.69, 9.17) is 4.74 Å². The molecule has 0 aromatic heterocycles. The van der Waals surface area contributed by atoms with E-state index in [1.807, 2.05) is 48.5 Å². The van der Waals surface area contributed by atoms with Crippen molar-refractivity contribution in [1.29, 1.82) is 0 Å². The van der Waals surface area contributed by atoms with Gasteiger partial charge in [-0.05, 0) is 23.8 Å². The lowest BCUT2D eigenvalue weighted by molar-refractivity contribution is -0.123. The van der Waals surface area contributed by atoms with Crippen LogP contribution in [-0.4, -0.2) is 18.7 Å². The first-order valence-electron chi connectivity index (χ1n) is 8.17. The van der Waals surface area contributed by atoms with E-state index in [-0.39, 0.29) is 12.2 Å². The summed E-state index contributed by atoms with van der Waals surface area (Å²) in [5, 5.41) is 3.66. The SMILES string of the molecule is O=C(COc1ccccc1-c1ccccc1)NN=Cc1ccc(F)cc1F. The molecule has 1 N–H and O–H groups in total. The van der Waals surface area contributed by atoms with Gasteiger partial charge in [-0.1, -0.05) is 48.5 Å². The Bertz CT molecular complexity index is 959. The van der Waals surface area contributed by atoms with E-state index >= 15 is 0 Å². The standard InChI is InChI=1S/C21H16F2N2O2/c22-17-11-10-16(19(23)12-17)13-24-25-21(26)14-27-20-9-5-4-8-18(20)15-6-2-1-3-7-15/h1-13H,14H2,(H,25,26). The summed E-state index contributed by atoms with van der Waals surface area (Å²) >= 11 is 0. The summed E-state index contributed by atoms with van der Waals surface area (Å²) in [4.78, 5) is 11.9. The van der Waals surface area contributed by atoms with Gasteiger partial charge >= 0.3 is 0 Å². The average Bonchev–Trinajstić information content (AvgIpc) is 2.69. The molecule has 0 spiro atoms. The number of carbonyl (C=O) groups is 1. The highest BCUT2D eigenvalue weighted by atomic mass is 19.1. The van der Waals surface area contributed by atoms with E-state index in [0.29, 0.717) is 5.75 Å². The normalized spacial score (nSPS) is 10.7. The Hall–Kier alpha value is -3.54. The quantitative estimate of drug-likeness (QED) is 0.526. The molecule has 6 heteroatoms. The van der Waals surface area contributed by atoms with Crippen LogP contribution in [0.25, 0.3) is 11.1 Å². The fourth-order valence-corrected chi connectivity index (χ4v) is 2.40. The largest absolute Gasteiger partial charge is 0.483 e. The van der Waals surface area contributed by atoms with Gasteiger partial charge in [0, 0.05) is 17.2 Å². The number of ether oxygens (including phenoxy) is 1. The van der Waals surface area contributed by atoms with Crippen LogP contribution in [0, 0.1) is 11.6 Å². The van der Waals surface area contributed by atoms with Crippen LogP contribution in [-0.2, 0) is 4.79 Å². The molecule has 136 valence electrons. The Morgan fingerprint density at radius 1 is 1.00 bits per heavy atom. The first-order valence-corrected chi connectivity index (χ1v) is 8.17. The lowest BCUT2D eigenvalue weighted by Crippen LogP contribution is -2.24. The number of benzene rings is 3. The van der Waals surface area contributed by atoms with Crippen LogP contribution in [0.5, 0.6) is 5.75 Å². The van der Waals surface area contributed by atoms with E-state index in [1.54, 1.807) is 6.07 Å². The highest BCUT2D eigenvalue weighted by Crippen LogP contribution is 2.29. The molecule has 0 saturated heterocycles. The Balaban J connectivity index is 1.59. The van der Waals surface area contributed by atoms with Gasteiger partial charge in [-0.3, -0.25) is 4.79 Å². The molecule has 0 bridgehead atoms. The van der Waals surface area contributed by atoms with Crippen molar-refractivity contribution in [2.45, 2.75) is 0 Å². The molecule has 0 fully saturated rings. The molecule has 3 aromatic rings.